The van der Waals surface area contributed by atoms with Crippen LogP contribution in [0, 0.1) is 5.41 Å². The molecule has 0 N–H and O–H groups in total. The molecular weight excluding hydrogens is 166 g/mol. The summed E-state index contributed by atoms with van der Waals surface area (Å²) in [5.74, 6) is 0. The summed E-state index contributed by atoms with van der Waals surface area (Å²) in [4.78, 5) is 5.33. The highest BCUT2D eigenvalue weighted by atomic mass is 32.2. The lowest BCUT2D eigenvalue weighted by molar-refractivity contribution is 0.532. The fraction of sp³-hybridized carbons (Fsp3) is 0.500. The third kappa shape index (κ3) is 4.39. The molecule has 0 aromatic heterocycles. The van der Waals surface area contributed by atoms with E-state index in [1.807, 2.05) is 18.5 Å². The molecule has 0 spiro atoms. The molecule has 0 saturated heterocycles. The summed E-state index contributed by atoms with van der Waals surface area (Å²) in [6.45, 7) is 12.1. The number of hydrogen-bond donors (Lipinski definition) is 0. The van der Waals surface area contributed by atoms with Crippen LogP contribution >= 0.6 is 11.8 Å². The summed E-state index contributed by atoms with van der Waals surface area (Å²) in [6, 6.07) is 0. The fourth-order valence-corrected chi connectivity index (χ4v) is 1.29. The van der Waals surface area contributed by atoms with Gasteiger partial charge >= 0.3 is 0 Å². The summed E-state index contributed by atoms with van der Waals surface area (Å²) in [5, 5.41) is 1.84. The van der Waals surface area contributed by atoms with E-state index in [9.17, 15) is 0 Å². The van der Waals surface area contributed by atoms with E-state index in [0.29, 0.717) is 0 Å². The quantitative estimate of drug-likeness (QED) is 0.605. The zero-order valence-electron chi connectivity index (χ0n) is 8.29. The van der Waals surface area contributed by atoms with Crippen molar-refractivity contribution in [1.82, 2.24) is 0 Å². The molecule has 0 aliphatic heterocycles. The molecule has 0 aromatic carbocycles. The van der Waals surface area contributed by atoms with Crippen LogP contribution in [0.25, 0.3) is 0 Å². The van der Waals surface area contributed by atoms with E-state index >= 15 is 0 Å². The highest BCUT2D eigenvalue weighted by molar-refractivity contribution is 8.05. The van der Waals surface area contributed by atoms with Gasteiger partial charge in [-0.25, -0.2) is 0 Å². The van der Waals surface area contributed by atoms with Gasteiger partial charge in [0.15, 0.2) is 0 Å². The molecule has 0 atom stereocenters. The summed E-state index contributed by atoms with van der Waals surface area (Å²) < 4.78 is 0. The molecular formula is C10H17NS. The Bertz CT molecular complexity index is 196. The number of rotatable bonds is 3. The van der Waals surface area contributed by atoms with Gasteiger partial charge in [-0.1, -0.05) is 27.4 Å². The van der Waals surface area contributed by atoms with E-state index in [4.69, 9.17) is 0 Å². The van der Waals surface area contributed by atoms with Gasteiger partial charge in [0, 0.05) is 17.3 Å². The molecule has 0 saturated carbocycles. The van der Waals surface area contributed by atoms with Crippen LogP contribution in [-0.2, 0) is 0 Å². The Kier molecular flexibility index (Phi) is 4.98. The number of thioether (sulfide) groups is 1. The Hall–Kier alpha value is -0.500. The van der Waals surface area contributed by atoms with Crippen LogP contribution in [0.5, 0.6) is 0 Å². The Balaban J connectivity index is 4.53. The first-order chi connectivity index (χ1) is 5.52. The number of allylic oxidation sites excluding steroid dienone is 1. The maximum atomic E-state index is 4.10. The third-order valence-corrected chi connectivity index (χ3v) is 2.43. The van der Waals surface area contributed by atoms with Crippen LogP contribution in [0.2, 0.25) is 0 Å². The van der Waals surface area contributed by atoms with Gasteiger partial charge in [0.1, 0.15) is 0 Å². The van der Waals surface area contributed by atoms with Crippen LogP contribution in [0.1, 0.15) is 27.7 Å². The summed E-state index contributed by atoms with van der Waals surface area (Å²) >= 11 is 1.63. The van der Waals surface area contributed by atoms with Crippen LogP contribution in [0.3, 0.4) is 0 Å². The van der Waals surface area contributed by atoms with Gasteiger partial charge in [0.25, 0.3) is 0 Å². The lowest BCUT2D eigenvalue weighted by Gasteiger charge is -2.19. The van der Waals surface area contributed by atoms with Crippen molar-refractivity contribution >= 4 is 18.0 Å². The number of hydrogen-bond acceptors (Lipinski definition) is 2. The second-order valence-electron chi connectivity index (χ2n) is 3.44. The van der Waals surface area contributed by atoms with Crippen molar-refractivity contribution in [3.05, 3.63) is 23.1 Å². The van der Waals surface area contributed by atoms with Crippen molar-refractivity contribution in [2.45, 2.75) is 27.7 Å². The summed E-state index contributed by atoms with van der Waals surface area (Å²) in [6.07, 6.45) is 3.68. The predicted molar refractivity (Wildman–Crippen MR) is 59.5 cm³/mol. The summed E-state index contributed by atoms with van der Waals surface area (Å²) in [7, 11) is 0. The van der Waals surface area contributed by atoms with E-state index in [2.05, 4.69) is 32.3 Å². The topological polar surface area (TPSA) is 12.4 Å². The SMILES string of the molecule is C=CS/C(=C\N=CC)C(C)(C)C. The van der Waals surface area contributed by atoms with Crippen molar-refractivity contribution < 1.29 is 0 Å². The first-order valence-corrected chi connectivity index (χ1v) is 4.86. The highest BCUT2D eigenvalue weighted by Crippen LogP contribution is 2.34. The maximum absolute atomic E-state index is 4.10. The Morgan fingerprint density at radius 3 is 2.33 bits per heavy atom. The third-order valence-electron chi connectivity index (χ3n) is 1.29. The predicted octanol–water partition coefficient (Wildman–Crippen LogP) is 3.84. The van der Waals surface area contributed by atoms with Crippen molar-refractivity contribution in [3.63, 3.8) is 0 Å². The van der Waals surface area contributed by atoms with Crippen molar-refractivity contribution in [2.24, 2.45) is 10.4 Å². The molecule has 2 heteroatoms. The second-order valence-corrected chi connectivity index (χ2v) is 4.44. The lowest BCUT2D eigenvalue weighted by atomic mass is 9.97. The first kappa shape index (κ1) is 11.5. The molecule has 0 fully saturated rings. The molecule has 0 aliphatic carbocycles. The maximum Gasteiger partial charge on any atom is 0.0367 e. The van der Waals surface area contributed by atoms with Gasteiger partial charge in [0.05, 0.1) is 0 Å². The molecule has 68 valence electrons. The molecule has 0 aliphatic rings. The summed E-state index contributed by atoms with van der Waals surface area (Å²) in [5.41, 5.74) is 0.158. The van der Waals surface area contributed by atoms with Crippen molar-refractivity contribution in [1.29, 1.82) is 0 Å². The molecule has 12 heavy (non-hydrogen) atoms. The molecule has 1 nitrogen and oxygen atoms in total. The van der Waals surface area contributed by atoms with Gasteiger partial charge in [-0.05, 0) is 17.7 Å². The van der Waals surface area contributed by atoms with E-state index in [0.717, 1.165) is 0 Å². The minimum atomic E-state index is 0.158. The average molecular weight is 183 g/mol. The van der Waals surface area contributed by atoms with Crippen LogP contribution in [0.4, 0.5) is 0 Å². The second kappa shape index (κ2) is 5.20. The fourth-order valence-electron chi connectivity index (χ4n) is 0.633. The molecule has 0 rings (SSSR count). The first-order valence-electron chi connectivity index (χ1n) is 3.98. The standard InChI is InChI=1S/C10H17NS/c1-6-11-8-9(12-7-2)10(3,4)5/h6-8H,2H2,1,3-5H3/b9-8-,11-6?. The number of nitrogens with zero attached hydrogens (tertiary/aromatic N) is 1. The molecule has 0 aromatic rings. The number of aliphatic imine (C=N–C) groups is 1. The lowest BCUT2D eigenvalue weighted by Crippen LogP contribution is -2.05. The smallest absolute Gasteiger partial charge is 0.0367 e. The van der Waals surface area contributed by atoms with Crippen molar-refractivity contribution in [2.75, 3.05) is 0 Å². The zero-order chi connectivity index (χ0) is 9.61. The Morgan fingerprint density at radius 2 is 2.00 bits per heavy atom. The van der Waals surface area contributed by atoms with E-state index < -0.39 is 0 Å². The highest BCUT2D eigenvalue weighted by Gasteiger charge is 2.15. The largest absolute Gasteiger partial charge is 0.269 e. The minimum Gasteiger partial charge on any atom is -0.269 e. The van der Waals surface area contributed by atoms with Crippen LogP contribution in [0.15, 0.2) is 28.1 Å². The minimum absolute atomic E-state index is 0.158. The Labute approximate surface area is 79.7 Å². The molecule has 0 radical (unpaired) electrons. The van der Waals surface area contributed by atoms with Gasteiger partial charge < -0.3 is 0 Å². The molecule has 0 bridgehead atoms. The van der Waals surface area contributed by atoms with Gasteiger partial charge in [-0.3, -0.25) is 4.99 Å². The normalized spacial score (nSPS) is 13.8. The van der Waals surface area contributed by atoms with Gasteiger partial charge in [-0.15, -0.1) is 11.8 Å². The van der Waals surface area contributed by atoms with Gasteiger partial charge in [-0.2, -0.15) is 0 Å². The van der Waals surface area contributed by atoms with Crippen LogP contribution in [-0.4, -0.2) is 6.21 Å². The zero-order valence-corrected chi connectivity index (χ0v) is 9.11. The van der Waals surface area contributed by atoms with Crippen LogP contribution < -0.4 is 0 Å². The van der Waals surface area contributed by atoms with E-state index in [-0.39, 0.29) is 5.41 Å². The monoisotopic (exact) mass is 183 g/mol. The molecule has 0 amide bonds. The van der Waals surface area contributed by atoms with E-state index in [1.54, 1.807) is 18.0 Å². The Morgan fingerprint density at radius 1 is 1.42 bits per heavy atom. The molecule has 0 heterocycles. The molecule has 0 unspecified atom stereocenters. The van der Waals surface area contributed by atoms with E-state index in [1.165, 1.54) is 4.91 Å². The van der Waals surface area contributed by atoms with Gasteiger partial charge in [0.2, 0.25) is 0 Å². The average Bonchev–Trinajstić information content (AvgIpc) is 1.95. The van der Waals surface area contributed by atoms with Crippen molar-refractivity contribution in [3.8, 4) is 0 Å².